The van der Waals surface area contributed by atoms with Crippen LogP contribution < -0.4 is 24.0 Å². The molecule has 131 heavy (non-hydrogen) atoms. The van der Waals surface area contributed by atoms with Crippen molar-refractivity contribution in [2.75, 3.05) is 117 Å². The van der Waals surface area contributed by atoms with Crippen LogP contribution in [0.25, 0.3) is 0 Å². The standard InChI is InChI=1S/C18H19NO2.C18H21NO.C16H16F2O2.C13H20O2.C12H18O2.C11H16O2.C7H5F3.C6H12.C5H8F2.C5H10/c1-14-7-9-17(10-8-14)21-18(20)15-11-12-19(13-15)16-5-3-2-4-6-16;1-15-7-9-18(10-8-15)20-14-16-11-12-19(13-16)17-5-3-2-4-6-17;1-12-2-5-15(6-3-12)20-9-8-19-11-13-10-14(17)4-7-16(13)18;1-11-4-6-13(7-5-11)10-15-9-12(2)8-14-3;1-11-4-6-12(7-5-11)10-14-9-3-8-13-2;1-10-3-5-11(6-4-10)9-13-8-7-12-2;1-4-2-5(8)3-6(9)7(4)10;1-4-5-6(2)3;1-4-2-5(6,7)3-4;1-5-3-2-4-5/h2-10,15H,11-13H2,1H3;2-10,16H,11-14H2,1H3;2-7,10H,8-9,11H2,1H3;4-7,12H,8-10H2,1-3H3;4-7H,3,8-10H2,1-2H3;3-6H,7-9H2,1-2H3;2-3H,1H3;5H,4H2,1-3H3;4H,2-3H2,1H3;5H,2-4H2,1H3. The van der Waals surface area contributed by atoms with E-state index in [1.165, 1.54) is 94.9 Å². The number of ether oxygens (including phenoxy) is 10. The predicted molar refractivity (Wildman–Crippen MR) is 519 cm³/mol. The molecule has 13 nitrogen and oxygen atoms in total. The Kier molecular flexibility index (Phi) is 54.9. The van der Waals surface area contributed by atoms with Crippen molar-refractivity contribution < 1.29 is 82.9 Å². The molecule has 3 unspecified atom stereocenters. The van der Waals surface area contributed by atoms with E-state index in [2.05, 4.69) is 218 Å². The van der Waals surface area contributed by atoms with Gasteiger partial charge in [0.2, 0.25) is 5.92 Å². The van der Waals surface area contributed by atoms with Gasteiger partial charge in [-0.25, -0.2) is 30.7 Å². The Balaban J connectivity index is 0.000000264. The average molecular weight is 1820 g/mol. The summed E-state index contributed by atoms with van der Waals surface area (Å²) in [4.78, 5) is 16.9. The number of hydrogen-bond acceptors (Lipinski definition) is 13. The molecule has 0 spiro atoms. The number of halogens is 7. The van der Waals surface area contributed by atoms with E-state index >= 15 is 0 Å². The van der Waals surface area contributed by atoms with Gasteiger partial charge in [-0.2, -0.15) is 0 Å². The van der Waals surface area contributed by atoms with Crippen molar-refractivity contribution in [2.24, 2.45) is 29.6 Å². The van der Waals surface area contributed by atoms with Crippen LogP contribution in [0.4, 0.5) is 42.1 Å². The number of esters is 1. The molecule has 10 aromatic carbocycles. The van der Waals surface area contributed by atoms with Gasteiger partial charge < -0.3 is 57.2 Å². The van der Waals surface area contributed by atoms with E-state index in [0.717, 1.165) is 125 Å². The van der Waals surface area contributed by atoms with Crippen molar-refractivity contribution in [1.29, 1.82) is 0 Å². The molecule has 0 aromatic heterocycles. The number of carbonyl (C=O) groups excluding carboxylic acids is 1. The minimum atomic E-state index is -2.31. The van der Waals surface area contributed by atoms with Crippen molar-refractivity contribution in [2.45, 2.75) is 180 Å². The Bertz CT molecular complexity index is 4650. The third-order valence-corrected chi connectivity index (χ3v) is 21.1. The van der Waals surface area contributed by atoms with Gasteiger partial charge in [0, 0.05) is 108 Å². The summed E-state index contributed by atoms with van der Waals surface area (Å²) in [6.07, 6.45) is 11.1. The number of benzene rings is 10. The SMILES string of the molecule is CC1CC(F)(F)C1.CC1CCC1.CCC=C(C)C.COCC(C)COCc1ccc(C)cc1.COCCCOCc1ccc(C)cc1.COCCOCc1ccc(C)cc1.Cc1cc(F)cc(F)c1F.Cc1ccc(OC(=O)C2CCN(c3ccccc3)C2)cc1.Cc1ccc(OCC2CCN(c3ccccc3)C2)cc1.Cc1ccc(OCCOCc2cc(F)ccc2F)cc1. The van der Waals surface area contributed by atoms with Crippen LogP contribution in [-0.4, -0.2) is 119 Å². The molecule has 2 aliphatic heterocycles. The molecular weight excluding hydrogens is 1670 g/mol. The van der Waals surface area contributed by atoms with Gasteiger partial charge in [0.15, 0.2) is 11.6 Å². The number of nitrogens with zero attached hydrogens (tertiary/aromatic N) is 2. The Morgan fingerprint density at radius 1 is 0.450 bits per heavy atom. The first-order valence-corrected chi connectivity index (χ1v) is 45.7. The number of hydrogen-bond donors (Lipinski definition) is 0. The Hall–Kier alpha value is -10.2. The normalized spacial score (nSPS) is 14.5. The first-order chi connectivity index (χ1) is 62.9. The smallest absolute Gasteiger partial charge is 0.316 e. The van der Waals surface area contributed by atoms with E-state index in [1.807, 2.05) is 87.5 Å². The van der Waals surface area contributed by atoms with E-state index in [4.69, 9.17) is 47.4 Å². The highest BCUT2D eigenvalue weighted by molar-refractivity contribution is 5.77. The van der Waals surface area contributed by atoms with Gasteiger partial charge in [-0.1, -0.05) is 238 Å². The zero-order valence-corrected chi connectivity index (χ0v) is 80.4. The van der Waals surface area contributed by atoms with Crippen LogP contribution in [0.1, 0.15) is 161 Å². The Morgan fingerprint density at radius 3 is 1.34 bits per heavy atom. The number of allylic oxidation sites excluding steroid dienone is 2. The largest absolute Gasteiger partial charge is 0.493 e. The van der Waals surface area contributed by atoms with Crippen LogP contribution in [0.15, 0.2) is 248 Å². The number of carbonyl (C=O) groups is 1. The number of anilines is 2. The second-order valence-corrected chi connectivity index (χ2v) is 34.1. The lowest BCUT2D eigenvalue weighted by Gasteiger charge is -2.31. The molecular formula is C111H145F7N2O11. The molecule has 14 rings (SSSR count). The van der Waals surface area contributed by atoms with Crippen LogP contribution in [0.3, 0.4) is 0 Å². The van der Waals surface area contributed by atoms with Crippen molar-refractivity contribution in [1.82, 2.24) is 0 Å². The molecule has 0 bridgehead atoms. The predicted octanol–water partition coefficient (Wildman–Crippen LogP) is 27.3. The molecule has 4 aliphatic rings. The van der Waals surface area contributed by atoms with Crippen LogP contribution in [-0.2, 0) is 64.4 Å². The highest BCUT2D eigenvalue weighted by Gasteiger charge is 2.42. The summed E-state index contributed by atoms with van der Waals surface area (Å²) in [6.45, 7) is 38.1. The molecule has 714 valence electrons. The van der Waals surface area contributed by atoms with E-state index in [0.29, 0.717) is 69.9 Å². The Morgan fingerprint density at radius 2 is 0.901 bits per heavy atom. The topological polar surface area (TPSA) is 116 Å². The number of alkyl halides is 2. The van der Waals surface area contributed by atoms with Crippen LogP contribution in [0.5, 0.6) is 17.2 Å². The summed E-state index contributed by atoms with van der Waals surface area (Å²) >= 11 is 0. The van der Waals surface area contributed by atoms with Gasteiger partial charge in [-0.05, 0) is 207 Å². The van der Waals surface area contributed by atoms with Gasteiger partial charge in [0.05, 0.1) is 72.0 Å². The Labute approximate surface area is 778 Å². The van der Waals surface area contributed by atoms with E-state index in [1.54, 1.807) is 21.3 Å². The minimum Gasteiger partial charge on any atom is -0.493 e. The molecule has 4 fully saturated rings. The quantitative estimate of drug-likeness (QED) is 0.0103. The summed E-state index contributed by atoms with van der Waals surface area (Å²) in [6, 6.07) is 74.4. The van der Waals surface area contributed by atoms with Crippen molar-refractivity contribution in [3.8, 4) is 17.2 Å². The fourth-order valence-electron chi connectivity index (χ4n) is 13.3. The van der Waals surface area contributed by atoms with Crippen LogP contribution in [0.2, 0.25) is 0 Å². The van der Waals surface area contributed by atoms with Crippen LogP contribution >= 0.6 is 0 Å². The van der Waals surface area contributed by atoms with Crippen molar-refractivity contribution >= 4 is 17.3 Å². The summed E-state index contributed by atoms with van der Waals surface area (Å²) in [7, 11) is 5.10. The van der Waals surface area contributed by atoms with E-state index < -0.39 is 35.0 Å². The fraction of sp³-hybridized carbons (Fsp3) is 0.432. The van der Waals surface area contributed by atoms with Crippen molar-refractivity contribution in [3.05, 3.63) is 339 Å². The molecule has 0 N–H and O–H groups in total. The second kappa shape index (κ2) is 64.6. The van der Waals surface area contributed by atoms with Gasteiger partial charge in [-0.3, -0.25) is 4.79 Å². The zero-order valence-electron chi connectivity index (χ0n) is 80.4. The first kappa shape index (κ1) is 111. The molecule has 2 heterocycles. The van der Waals surface area contributed by atoms with E-state index in [-0.39, 0.29) is 48.4 Å². The summed E-state index contributed by atoms with van der Waals surface area (Å²) < 4.78 is 140. The van der Waals surface area contributed by atoms with Gasteiger partial charge in [0.1, 0.15) is 41.3 Å². The zero-order chi connectivity index (χ0) is 95.6. The maximum atomic E-state index is 13.3. The van der Waals surface area contributed by atoms with Gasteiger partial charge >= 0.3 is 5.97 Å². The molecule has 10 aromatic rings. The average Bonchev–Trinajstić information content (AvgIpc) is 1.78. The lowest BCUT2D eigenvalue weighted by Crippen LogP contribution is -2.33. The molecule has 0 amide bonds. The lowest BCUT2D eigenvalue weighted by atomic mass is 9.83. The number of para-hydroxylation sites is 2. The summed E-state index contributed by atoms with van der Waals surface area (Å²) in [5.74, 6) is -1.53. The maximum absolute atomic E-state index is 13.3. The highest BCUT2D eigenvalue weighted by atomic mass is 19.3. The third kappa shape index (κ3) is 49.8. The van der Waals surface area contributed by atoms with E-state index in [9.17, 15) is 35.5 Å². The molecule has 2 saturated carbocycles. The second-order valence-electron chi connectivity index (χ2n) is 34.1. The van der Waals surface area contributed by atoms with Gasteiger partial charge in [-0.15, -0.1) is 0 Å². The molecule has 2 aliphatic carbocycles. The van der Waals surface area contributed by atoms with Crippen LogP contribution in [0, 0.1) is 107 Å². The molecule has 3 atom stereocenters. The minimum absolute atomic E-state index is 0.0162. The number of methoxy groups -OCH3 is 3. The monoisotopic (exact) mass is 1820 g/mol. The number of rotatable bonds is 31. The lowest BCUT2D eigenvalue weighted by molar-refractivity contribution is -0.138. The molecule has 20 heteroatoms. The van der Waals surface area contributed by atoms with Gasteiger partial charge in [0.25, 0.3) is 0 Å². The maximum Gasteiger partial charge on any atom is 0.316 e. The first-order valence-electron chi connectivity index (χ1n) is 45.7. The summed E-state index contributed by atoms with van der Waals surface area (Å²) in [5, 5.41) is 0. The molecule has 0 radical (unpaired) electrons. The van der Waals surface area contributed by atoms with Crippen molar-refractivity contribution in [3.63, 3.8) is 0 Å². The third-order valence-electron chi connectivity index (χ3n) is 21.1. The fourth-order valence-corrected chi connectivity index (χ4v) is 13.3. The summed E-state index contributed by atoms with van der Waals surface area (Å²) in [5.41, 5.74) is 15.2. The molecule has 2 saturated heterocycles. The number of aryl methyl sites for hydroxylation is 7. The highest BCUT2D eigenvalue weighted by Crippen LogP contribution is 2.41.